The number of carbonyl (C=O) groups is 1. The molecule has 26 heavy (non-hydrogen) atoms. The maximum Gasteiger partial charge on any atom is 0.308 e. The van der Waals surface area contributed by atoms with Gasteiger partial charge in [0.25, 0.3) is 0 Å². The van der Waals surface area contributed by atoms with E-state index < -0.39 is 5.79 Å². The highest BCUT2D eigenvalue weighted by atomic mass is 16.7. The number of rotatable bonds is 4. The van der Waals surface area contributed by atoms with Gasteiger partial charge in [-0.15, -0.1) is 0 Å². The fourth-order valence-electron chi connectivity index (χ4n) is 6.22. The maximum absolute atomic E-state index is 12.2. The average molecular weight is 357 g/mol. The summed E-state index contributed by atoms with van der Waals surface area (Å²) < 4.78 is 5.74. The van der Waals surface area contributed by atoms with E-state index in [1.165, 1.54) is 17.5 Å². The lowest BCUT2D eigenvalue weighted by Crippen LogP contribution is -2.53. The summed E-state index contributed by atoms with van der Waals surface area (Å²) >= 11 is 0. The third-order valence-corrected chi connectivity index (χ3v) is 7.73. The SMILES string of the molecule is CCCCC(=O)O[C@]1(O)CC[C@H]2[C@@H]3CCc4ccccc4[C@H]3CC[C@@]21C. The van der Waals surface area contributed by atoms with Crippen molar-refractivity contribution in [2.75, 3.05) is 0 Å². The van der Waals surface area contributed by atoms with Crippen LogP contribution in [0.15, 0.2) is 24.3 Å². The summed E-state index contributed by atoms with van der Waals surface area (Å²) in [6, 6.07) is 8.90. The van der Waals surface area contributed by atoms with Gasteiger partial charge in [0.05, 0.1) is 0 Å². The molecule has 0 aromatic heterocycles. The Labute approximate surface area is 157 Å². The molecular weight excluding hydrogens is 324 g/mol. The quantitative estimate of drug-likeness (QED) is 0.612. The van der Waals surface area contributed by atoms with Crippen molar-refractivity contribution in [2.24, 2.45) is 17.3 Å². The van der Waals surface area contributed by atoms with Gasteiger partial charge in [-0.2, -0.15) is 0 Å². The zero-order valence-corrected chi connectivity index (χ0v) is 16.2. The van der Waals surface area contributed by atoms with Gasteiger partial charge < -0.3 is 9.84 Å². The highest BCUT2D eigenvalue weighted by Crippen LogP contribution is 2.64. The topological polar surface area (TPSA) is 46.5 Å². The first-order valence-corrected chi connectivity index (χ1v) is 10.5. The second-order valence-corrected chi connectivity index (χ2v) is 8.97. The molecule has 0 heterocycles. The number of hydrogen-bond donors (Lipinski definition) is 1. The van der Waals surface area contributed by atoms with Crippen molar-refractivity contribution >= 4 is 5.97 Å². The molecule has 4 rings (SSSR count). The number of carbonyl (C=O) groups excluding carboxylic acids is 1. The number of aryl methyl sites for hydroxylation is 1. The van der Waals surface area contributed by atoms with E-state index in [1.807, 2.05) is 0 Å². The number of fused-ring (bicyclic) bond motifs is 5. The highest BCUT2D eigenvalue weighted by Gasteiger charge is 2.63. The van der Waals surface area contributed by atoms with E-state index in [-0.39, 0.29) is 11.4 Å². The van der Waals surface area contributed by atoms with E-state index in [4.69, 9.17) is 4.74 Å². The van der Waals surface area contributed by atoms with Crippen LogP contribution < -0.4 is 0 Å². The van der Waals surface area contributed by atoms with Gasteiger partial charge in [0, 0.05) is 18.3 Å². The molecule has 0 radical (unpaired) electrons. The van der Waals surface area contributed by atoms with Crippen LogP contribution in [0.4, 0.5) is 0 Å². The van der Waals surface area contributed by atoms with Gasteiger partial charge in [0.15, 0.2) is 0 Å². The van der Waals surface area contributed by atoms with Gasteiger partial charge in [-0.1, -0.05) is 44.5 Å². The number of aliphatic hydroxyl groups is 1. The van der Waals surface area contributed by atoms with Crippen LogP contribution in [-0.4, -0.2) is 16.9 Å². The first kappa shape index (κ1) is 18.0. The minimum atomic E-state index is -1.27. The Morgan fingerprint density at radius 1 is 1.23 bits per heavy atom. The zero-order valence-electron chi connectivity index (χ0n) is 16.2. The average Bonchev–Trinajstić information content (AvgIpc) is 2.90. The molecule has 2 fully saturated rings. The Morgan fingerprint density at radius 2 is 2.04 bits per heavy atom. The number of ether oxygens (including phenoxy) is 1. The lowest BCUT2D eigenvalue weighted by Gasteiger charge is -2.52. The van der Waals surface area contributed by atoms with Gasteiger partial charge >= 0.3 is 5.97 Å². The summed E-state index contributed by atoms with van der Waals surface area (Å²) in [5.41, 5.74) is 2.74. The Balaban J connectivity index is 1.56. The van der Waals surface area contributed by atoms with Crippen molar-refractivity contribution < 1.29 is 14.6 Å². The van der Waals surface area contributed by atoms with Crippen LogP contribution in [0.1, 0.15) is 82.3 Å². The van der Waals surface area contributed by atoms with Crippen molar-refractivity contribution in [3.05, 3.63) is 35.4 Å². The number of benzene rings is 1. The van der Waals surface area contributed by atoms with Crippen LogP contribution in [0.2, 0.25) is 0 Å². The number of esters is 1. The lowest BCUT2D eigenvalue weighted by molar-refractivity contribution is -0.260. The summed E-state index contributed by atoms with van der Waals surface area (Å²) in [4.78, 5) is 12.2. The molecule has 5 atom stereocenters. The van der Waals surface area contributed by atoms with Crippen molar-refractivity contribution in [1.82, 2.24) is 0 Å². The van der Waals surface area contributed by atoms with Gasteiger partial charge in [0.2, 0.25) is 5.79 Å². The molecule has 0 unspecified atom stereocenters. The predicted molar refractivity (Wildman–Crippen MR) is 102 cm³/mol. The molecule has 1 aromatic carbocycles. The van der Waals surface area contributed by atoms with E-state index in [2.05, 4.69) is 38.1 Å². The first-order chi connectivity index (χ1) is 12.5. The van der Waals surface area contributed by atoms with Gasteiger partial charge in [-0.25, -0.2) is 0 Å². The fourth-order valence-corrected chi connectivity index (χ4v) is 6.22. The molecule has 1 aromatic rings. The molecule has 1 N–H and O–H groups in total. The standard InChI is InChI=1S/C23H32O3/c1-3-4-9-21(24)26-23(25)15-13-20-19-11-10-16-7-5-6-8-17(16)18(19)12-14-22(20,23)2/h5-8,18-20,25H,3-4,9-15H2,1-2H3/t18-,19-,20+,22+,23-/m1/s1. The largest absolute Gasteiger partial charge is 0.433 e. The molecule has 0 bridgehead atoms. The summed E-state index contributed by atoms with van der Waals surface area (Å²) in [5.74, 6) is 0.152. The zero-order chi connectivity index (χ0) is 18.4. The second-order valence-electron chi connectivity index (χ2n) is 8.97. The third-order valence-electron chi connectivity index (χ3n) is 7.73. The Morgan fingerprint density at radius 3 is 2.85 bits per heavy atom. The van der Waals surface area contributed by atoms with Gasteiger partial charge in [-0.3, -0.25) is 4.79 Å². The molecule has 0 amide bonds. The van der Waals surface area contributed by atoms with Crippen molar-refractivity contribution in [2.45, 2.75) is 83.3 Å². The number of hydrogen-bond acceptors (Lipinski definition) is 3. The molecule has 2 saturated carbocycles. The van der Waals surface area contributed by atoms with Crippen molar-refractivity contribution in [3.63, 3.8) is 0 Å². The first-order valence-electron chi connectivity index (χ1n) is 10.5. The van der Waals surface area contributed by atoms with E-state index in [0.717, 1.165) is 38.5 Å². The second kappa shape index (κ2) is 6.67. The monoisotopic (exact) mass is 356 g/mol. The Hall–Kier alpha value is -1.35. The fraction of sp³-hybridized carbons (Fsp3) is 0.696. The Bertz CT molecular complexity index is 684. The minimum absolute atomic E-state index is 0.229. The summed E-state index contributed by atoms with van der Waals surface area (Å²) in [7, 11) is 0. The molecule has 0 spiro atoms. The third kappa shape index (κ3) is 2.70. The highest BCUT2D eigenvalue weighted by molar-refractivity contribution is 5.69. The van der Waals surface area contributed by atoms with E-state index in [1.54, 1.807) is 0 Å². The summed E-state index contributed by atoms with van der Waals surface area (Å²) in [6.45, 7) is 4.24. The van der Waals surface area contributed by atoms with Gasteiger partial charge in [-0.05, 0) is 67.4 Å². The van der Waals surface area contributed by atoms with Crippen molar-refractivity contribution in [3.8, 4) is 0 Å². The minimum Gasteiger partial charge on any atom is -0.433 e. The molecule has 3 heteroatoms. The van der Waals surface area contributed by atoms with Crippen LogP contribution in [0.3, 0.4) is 0 Å². The van der Waals surface area contributed by atoms with Crippen LogP contribution in [0.25, 0.3) is 0 Å². The number of unbranched alkanes of at least 4 members (excludes halogenated alkanes) is 1. The summed E-state index contributed by atoms with van der Waals surface area (Å²) in [6.07, 6.45) is 8.13. The normalized spacial score (nSPS) is 38.2. The predicted octanol–water partition coefficient (Wildman–Crippen LogP) is 4.96. The molecule has 142 valence electrons. The maximum atomic E-state index is 12.2. The van der Waals surface area contributed by atoms with E-state index >= 15 is 0 Å². The molecular formula is C23H32O3. The van der Waals surface area contributed by atoms with Gasteiger partial charge in [0.1, 0.15) is 0 Å². The molecule has 0 saturated heterocycles. The van der Waals surface area contributed by atoms with Crippen LogP contribution in [-0.2, 0) is 16.0 Å². The molecule has 3 nitrogen and oxygen atoms in total. The summed E-state index contributed by atoms with van der Waals surface area (Å²) in [5, 5.41) is 11.4. The smallest absolute Gasteiger partial charge is 0.308 e. The van der Waals surface area contributed by atoms with E-state index in [9.17, 15) is 9.90 Å². The van der Waals surface area contributed by atoms with Crippen LogP contribution >= 0.6 is 0 Å². The van der Waals surface area contributed by atoms with Crippen LogP contribution in [0, 0.1) is 17.3 Å². The van der Waals surface area contributed by atoms with Crippen LogP contribution in [0.5, 0.6) is 0 Å². The molecule has 3 aliphatic carbocycles. The Kier molecular flexibility index (Phi) is 4.63. The van der Waals surface area contributed by atoms with E-state index in [0.29, 0.717) is 30.6 Å². The lowest BCUT2D eigenvalue weighted by atomic mass is 9.55. The van der Waals surface area contributed by atoms with Crippen molar-refractivity contribution in [1.29, 1.82) is 0 Å². The molecule has 0 aliphatic heterocycles. The molecule has 3 aliphatic rings.